The van der Waals surface area contributed by atoms with Gasteiger partial charge in [-0.2, -0.15) is 0 Å². The highest BCUT2D eigenvalue weighted by molar-refractivity contribution is 5.79. The van der Waals surface area contributed by atoms with Crippen LogP contribution in [0.2, 0.25) is 0 Å². The van der Waals surface area contributed by atoms with Crippen LogP contribution in [0.4, 0.5) is 0 Å². The zero-order valence-corrected chi connectivity index (χ0v) is 10.2. The third-order valence-corrected chi connectivity index (χ3v) is 3.67. The van der Waals surface area contributed by atoms with Crippen molar-refractivity contribution < 1.29 is 19.0 Å². The van der Waals surface area contributed by atoms with Crippen LogP contribution in [0.3, 0.4) is 0 Å². The van der Waals surface area contributed by atoms with E-state index in [-0.39, 0.29) is 23.3 Å². The summed E-state index contributed by atoms with van der Waals surface area (Å²) in [5.74, 6) is -0.220. The van der Waals surface area contributed by atoms with Crippen molar-refractivity contribution in [2.75, 3.05) is 13.2 Å². The quantitative estimate of drug-likeness (QED) is 0.544. The molecule has 92 valence electrons. The van der Waals surface area contributed by atoms with Crippen LogP contribution in [0.15, 0.2) is 0 Å². The predicted molar refractivity (Wildman–Crippen MR) is 58.1 cm³/mol. The third kappa shape index (κ3) is 1.96. The molecule has 2 aliphatic heterocycles. The molecule has 0 aromatic rings. The molecule has 2 aliphatic rings. The Morgan fingerprint density at radius 3 is 2.88 bits per heavy atom. The highest BCUT2D eigenvalue weighted by Crippen LogP contribution is 2.50. The molecule has 2 saturated heterocycles. The molecule has 1 spiro atoms. The standard InChI is InChI=1S/C12H20O4/c1-4-11(3)8-12(6-7-15-11)9(16-12)10(13)14-5-2/h9H,4-8H2,1-3H3/t9-,11-,12-/m0/s1. The second-order valence-corrected chi connectivity index (χ2v) is 4.89. The van der Waals surface area contributed by atoms with Crippen molar-refractivity contribution in [1.29, 1.82) is 0 Å². The number of ether oxygens (including phenoxy) is 3. The van der Waals surface area contributed by atoms with Crippen LogP contribution >= 0.6 is 0 Å². The Hall–Kier alpha value is -0.610. The predicted octanol–water partition coefficient (Wildman–Crippen LogP) is 1.67. The van der Waals surface area contributed by atoms with Gasteiger partial charge in [-0.25, -0.2) is 4.79 Å². The number of hydrogen-bond donors (Lipinski definition) is 0. The summed E-state index contributed by atoms with van der Waals surface area (Å²) in [5.41, 5.74) is -0.450. The van der Waals surface area contributed by atoms with Crippen LogP contribution < -0.4 is 0 Å². The molecule has 2 fully saturated rings. The fraction of sp³-hybridized carbons (Fsp3) is 0.917. The van der Waals surface area contributed by atoms with E-state index < -0.39 is 0 Å². The molecule has 4 nitrogen and oxygen atoms in total. The minimum Gasteiger partial charge on any atom is -0.464 e. The molecule has 0 amide bonds. The topological polar surface area (TPSA) is 48.1 Å². The van der Waals surface area contributed by atoms with Gasteiger partial charge in [-0.1, -0.05) is 6.92 Å². The van der Waals surface area contributed by atoms with E-state index in [0.717, 1.165) is 19.3 Å². The zero-order valence-electron chi connectivity index (χ0n) is 10.2. The van der Waals surface area contributed by atoms with Crippen molar-refractivity contribution in [1.82, 2.24) is 0 Å². The Balaban J connectivity index is 1.99. The van der Waals surface area contributed by atoms with E-state index in [9.17, 15) is 4.79 Å². The lowest BCUT2D eigenvalue weighted by molar-refractivity contribution is -0.144. The van der Waals surface area contributed by atoms with E-state index in [0.29, 0.717) is 13.2 Å². The molecule has 0 aromatic carbocycles. The Labute approximate surface area is 96.2 Å². The summed E-state index contributed by atoms with van der Waals surface area (Å²) in [7, 11) is 0. The average molecular weight is 228 g/mol. The molecular weight excluding hydrogens is 208 g/mol. The molecule has 0 bridgehead atoms. The van der Waals surface area contributed by atoms with E-state index in [1.54, 1.807) is 0 Å². The van der Waals surface area contributed by atoms with Crippen LogP contribution in [0.25, 0.3) is 0 Å². The van der Waals surface area contributed by atoms with Gasteiger partial charge in [0.1, 0.15) is 5.60 Å². The van der Waals surface area contributed by atoms with Crippen molar-refractivity contribution in [3.05, 3.63) is 0 Å². The molecule has 0 aromatic heterocycles. The highest BCUT2D eigenvalue weighted by atomic mass is 16.7. The molecule has 0 radical (unpaired) electrons. The lowest BCUT2D eigenvalue weighted by Gasteiger charge is -2.36. The molecule has 3 atom stereocenters. The summed E-state index contributed by atoms with van der Waals surface area (Å²) in [6.45, 7) is 7.07. The molecule has 2 heterocycles. The second kappa shape index (κ2) is 4.00. The minimum absolute atomic E-state index is 0.153. The molecule has 0 N–H and O–H groups in total. The van der Waals surface area contributed by atoms with Crippen LogP contribution in [0.1, 0.15) is 40.0 Å². The van der Waals surface area contributed by atoms with Crippen molar-refractivity contribution in [3.63, 3.8) is 0 Å². The van der Waals surface area contributed by atoms with Crippen molar-refractivity contribution >= 4 is 5.97 Å². The number of rotatable bonds is 3. The van der Waals surface area contributed by atoms with Gasteiger partial charge in [0.15, 0.2) is 6.10 Å². The molecule has 0 aliphatic carbocycles. The summed E-state index contributed by atoms with van der Waals surface area (Å²) < 4.78 is 16.3. The van der Waals surface area contributed by atoms with Crippen molar-refractivity contribution in [2.24, 2.45) is 0 Å². The number of epoxide rings is 1. The van der Waals surface area contributed by atoms with Gasteiger partial charge in [0, 0.05) is 12.8 Å². The van der Waals surface area contributed by atoms with Gasteiger partial charge in [0.2, 0.25) is 0 Å². The normalized spacial score (nSPS) is 42.1. The summed E-state index contributed by atoms with van der Waals surface area (Å²) in [4.78, 5) is 11.6. The molecule has 4 heteroatoms. The lowest BCUT2D eigenvalue weighted by atomic mass is 9.83. The number of carbonyl (C=O) groups is 1. The lowest BCUT2D eigenvalue weighted by Crippen LogP contribution is -2.42. The zero-order chi connectivity index (χ0) is 11.8. The van der Waals surface area contributed by atoms with Gasteiger partial charge in [0.05, 0.1) is 18.8 Å². The van der Waals surface area contributed by atoms with Gasteiger partial charge in [-0.05, 0) is 20.3 Å². The van der Waals surface area contributed by atoms with Gasteiger partial charge < -0.3 is 14.2 Å². The number of hydrogen-bond acceptors (Lipinski definition) is 4. The number of carbonyl (C=O) groups excluding carboxylic acids is 1. The fourth-order valence-electron chi connectivity index (χ4n) is 2.48. The van der Waals surface area contributed by atoms with E-state index in [1.165, 1.54) is 0 Å². The highest BCUT2D eigenvalue weighted by Gasteiger charge is 2.64. The molecular formula is C12H20O4. The van der Waals surface area contributed by atoms with Gasteiger partial charge in [-0.3, -0.25) is 0 Å². The molecule has 2 rings (SSSR count). The largest absolute Gasteiger partial charge is 0.464 e. The van der Waals surface area contributed by atoms with Crippen LogP contribution in [0.5, 0.6) is 0 Å². The molecule has 0 unspecified atom stereocenters. The molecule has 0 saturated carbocycles. The van der Waals surface area contributed by atoms with E-state index >= 15 is 0 Å². The SMILES string of the molecule is CCOC(=O)[C@@H]1O[C@]12CCO[C@@](C)(CC)C2. The second-order valence-electron chi connectivity index (χ2n) is 4.89. The smallest absolute Gasteiger partial charge is 0.338 e. The van der Waals surface area contributed by atoms with E-state index in [2.05, 4.69) is 13.8 Å². The first-order chi connectivity index (χ1) is 7.55. The first-order valence-electron chi connectivity index (χ1n) is 6.04. The van der Waals surface area contributed by atoms with Gasteiger partial charge in [-0.15, -0.1) is 0 Å². The van der Waals surface area contributed by atoms with Crippen LogP contribution in [0, 0.1) is 0 Å². The monoisotopic (exact) mass is 228 g/mol. The summed E-state index contributed by atoms with van der Waals surface area (Å²) in [6.07, 6.45) is 2.17. The van der Waals surface area contributed by atoms with Gasteiger partial charge >= 0.3 is 5.97 Å². The Bertz CT molecular complexity index is 291. The maximum Gasteiger partial charge on any atom is 0.338 e. The Kier molecular flexibility index (Phi) is 2.97. The summed E-state index contributed by atoms with van der Waals surface area (Å²) in [5, 5.41) is 0. The third-order valence-electron chi connectivity index (χ3n) is 3.67. The molecule has 16 heavy (non-hydrogen) atoms. The van der Waals surface area contributed by atoms with Crippen LogP contribution in [-0.2, 0) is 19.0 Å². The van der Waals surface area contributed by atoms with Crippen molar-refractivity contribution in [2.45, 2.75) is 57.3 Å². The van der Waals surface area contributed by atoms with Crippen LogP contribution in [-0.4, -0.2) is 36.5 Å². The van der Waals surface area contributed by atoms with Crippen molar-refractivity contribution in [3.8, 4) is 0 Å². The fourth-order valence-corrected chi connectivity index (χ4v) is 2.48. The minimum atomic E-state index is -0.359. The summed E-state index contributed by atoms with van der Waals surface area (Å²) in [6, 6.07) is 0. The Morgan fingerprint density at radius 1 is 1.50 bits per heavy atom. The first kappa shape index (κ1) is 11.9. The van der Waals surface area contributed by atoms with Gasteiger partial charge in [0.25, 0.3) is 0 Å². The summed E-state index contributed by atoms with van der Waals surface area (Å²) >= 11 is 0. The maximum absolute atomic E-state index is 11.6. The maximum atomic E-state index is 11.6. The van der Waals surface area contributed by atoms with E-state index in [4.69, 9.17) is 14.2 Å². The Morgan fingerprint density at radius 2 is 2.25 bits per heavy atom. The number of esters is 1. The van der Waals surface area contributed by atoms with E-state index in [1.807, 2.05) is 6.92 Å². The first-order valence-corrected chi connectivity index (χ1v) is 6.04. The average Bonchev–Trinajstić information content (AvgIpc) is 2.92.